The van der Waals surface area contributed by atoms with Crippen molar-refractivity contribution in [2.75, 3.05) is 0 Å². The number of hydrogen-bond donors (Lipinski definition) is 1. The first-order chi connectivity index (χ1) is 11.0. The summed E-state index contributed by atoms with van der Waals surface area (Å²) in [7, 11) is 0. The van der Waals surface area contributed by atoms with Crippen LogP contribution in [0.1, 0.15) is 57.9 Å². The molecule has 1 N–H and O–H groups in total. The lowest BCUT2D eigenvalue weighted by atomic mass is 9.61. The van der Waals surface area contributed by atoms with Crippen LogP contribution in [0.5, 0.6) is 0 Å². The van der Waals surface area contributed by atoms with Gasteiger partial charge in [0.15, 0.2) is 0 Å². The van der Waals surface area contributed by atoms with Gasteiger partial charge in [-0.2, -0.15) is 0 Å². The van der Waals surface area contributed by atoms with E-state index < -0.39 is 5.97 Å². The summed E-state index contributed by atoms with van der Waals surface area (Å²) in [6, 6.07) is 2.04. The summed E-state index contributed by atoms with van der Waals surface area (Å²) in [4.78, 5) is 11.4. The molecule has 2 atom stereocenters. The summed E-state index contributed by atoms with van der Waals surface area (Å²) >= 11 is 0. The van der Waals surface area contributed by atoms with Gasteiger partial charge in [0.2, 0.25) is 0 Å². The second kappa shape index (κ2) is 6.38. The fourth-order valence-corrected chi connectivity index (χ4v) is 4.31. The first kappa shape index (κ1) is 16.1. The standard InChI is InChI=1S/C20H26O3/c1-14-6-7-16-12-17(19(21)22)4-3-5-18(16)20(14,2)10-8-15-9-11-23-13-15/h4,9,11,13-14H,3,5-8,10,12H2,1-2H3,(H,21,22). The molecule has 2 unspecified atom stereocenters. The minimum atomic E-state index is -0.752. The predicted octanol–water partition coefficient (Wildman–Crippen LogP) is 5.14. The zero-order chi connectivity index (χ0) is 16.4. The largest absolute Gasteiger partial charge is 0.478 e. The van der Waals surface area contributed by atoms with E-state index in [0.717, 1.165) is 38.5 Å². The van der Waals surface area contributed by atoms with E-state index in [1.165, 1.54) is 16.7 Å². The Morgan fingerprint density at radius 1 is 1.43 bits per heavy atom. The molecule has 2 aliphatic carbocycles. The van der Waals surface area contributed by atoms with Gasteiger partial charge in [-0.25, -0.2) is 4.79 Å². The third-order valence-corrected chi connectivity index (χ3v) is 6.06. The molecule has 0 saturated carbocycles. The highest BCUT2D eigenvalue weighted by atomic mass is 16.4. The molecule has 3 rings (SSSR count). The molecule has 0 saturated heterocycles. The Kier molecular flexibility index (Phi) is 4.47. The number of carbonyl (C=O) groups is 1. The second-order valence-electron chi connectivity index (χ2n) is 7.32. The molecular formula is C20H26O3. The van der Waals surface area contributed by atoms with Gasteiger partial charge in [0.1, 0.15) is 0 Å². The van der Waals surface area contributed by atoms with Crippen LogP contribution < -0.4 is 0 Å². The van der Waals surface area contributed by atoms with E-state index in [2.05, 4.69) is 13.8 Å². The van der Waals surface area contributed by atoms with Crippen LogP contribution in [-0.4, -0.2) is 11.1 Å². The van der Waals surface area contributed by atoms with Crippen LogP contribution in [0.3, 0.4) is 0 Å². The van der Waals surface area contributed by atoms with Gasteiger partial charge in [-0.1, -0.05) is 31.1 Å². The summed E-state index contributed by atoms with van der Waals surface area (Å²) in [5, 5.41) is 9.36. The molecule has 0 radical (unpaired) electrons. The fraction of sp³-hybridized carbons (Fsp3) is 0.550. The minimum absolute atomic E-state index is 0.173. The molecule has 1 heterocycles. The van der Waals surface area contributed by atoms with E-state index >= 15 is 0 Å². The topological polar surface area (TPSA) is 50.4 Å². The summed E-state index contributed by atoms with van der Waals surface area (Å²) in [6.45, 7) is 4.74. The van der Waals surface area contributed by atoms with E-state index in [1.807, 2.05) is 18.4 Å². The molecule has 23 heavy (non-hydrogen) atoms. The molecule has 3 nitrogen and oxygen atoms in total. The predicted molar refractivity (Wildman–Crippen MR) is 90.1 cm³/mol. The van der Waals surface area contributed by atoms with Crippen LogP contribution in [0.4, 0.5) is 0 Å². The Labute approximate surface area is 138 Å². The molecule has 124 valence electrons. The monoisotopic (exact) mass is 314 g/mol. The van der Waals surface area contributed by atoms with Crippen molar-refractivity contribution in [3.63, 3.8) is 0 Å². The van der Waals surface area contributed by atoms with Gasteiger partial charge in [-0.15, -0.1) is 0 Å². The van der Waals surface area contributed by atoms with E-state index in [-0.39, 0.29) is 5.41 Å². The Bertz CT molecular complexity index is 636. The second-order valence-corrected chi connectivity index (χ2v) is 7.32. The van der Waals surface area contributed by atoms with Crippen molar-refractivity contribution < 1.29 is 14.3 Å². The SMILES string of the molecule is CC1CCC2=C(CCC=C(C(=O)O)C2)C1(C)CCc1ccoc1. The number of furan rings is 1. The average molecular weight is 314 g/mol. The number of carboxylic acids is 1. The minimum Gasteiger partial charge on any atom is -0.478 e. The van der Waals surface area contributed by atoms with E-state index in [4.69, 9.17) is 4.42 Å². The number of hydrogen-bond acceptors (Lipinski definition) is 2. The molecule has 0 amide bonds. The third-order valence-electron chi connectivity index (χ3n) is 6.06. The van der Waals surface area contributed by atoms with Crippen molar-refractivity contribution >= 4 is 5.97 Å². The van der Waals surface area contributed by atoms with E-state index in [0.29, 0.717) is 17.9 Å². The summed E-state index contributed by atoms with van der Waals surface area (Å²) < 4.78 is 5.20. The number of aliphatic carboxylic acids is 1. The fourth-order valence-electron chi connectivity index (χ4n) is 4.31. The molecule has 1 aromatic rings. The lowest BCUT2D eigenvalue weighted by molar-refractivity contribution is -0.132. The quantitative estimate of drug-likeness (QED) is 0.783. The van der Waals surface area contributed by atoms with Gasteiger partial charge < -0.3 is 9.52 Å². The maximum absolute atomic E-state index is 11.4. The van der Waals surface area contributed by atoms with E-state index in [1.54, 1.807) is 6.26 Å². The molecule has 0 bridgehead atoms. The van der Waals surface area contributed by atoms with Gasteiger partial charge in [0, 0.05) is 12.0 Å². The van der Waals surface area contributed by atoms with Crippen molar-refractivity contribution in [1.82, 2.24) is 0 Å². The Hall–Kier alpha value is -1.77. The number of carboxylic acid groups (broad SMARTS) is 1. The summed E-state index contributed by atoms with van der Waals surface area (Å²) in [6.07, 6.45) is 12.4. The zero-order valence-corrected chi connectivity index (χ0v) is 14.1. The van der Waals surface area contributed by atoms with Gasteiger partial charge in [0.05, 0.1) is 12.5 Å². The van der Waals surface area contributed by atoms with Crippen molar-refractivity contribution in [3.05, 3.63) is 47.0 Å². The van der Waals surface area contributed by atoms with Crippen LogP contribution in [-0.2, 0) is 11.2 Å². The maximum atomic E-state index is 11.4. The van der Waals surface area contributed by atoms with Crippen LogP contribution in [0.2, 0.25) is 0 Å². The Morgan fingerprint density at radius 2 is 2.26 bits per heavy atom. The van der Waals surface area contributed by atoms with Crippen LogP contribution in [0, 0.1) is 11.3 Å². The van der Waals surface area contributed by atoms with Gasteiger partial charge in [-0.3, -0.25) is 0 Å². The lowest BCUT2D eigenvalue weighted by Gasteiger charge is -2.44. The molecule has 0 aliphatic heterocycles. The number of aryl methyl sites for hydroxylation is 1. The molecule has 1 aromatic heterocycles. The molecule has 0 spiro atoms. The molecule has 0 aromatic carbocycles. The average Bonchev–Trinajstić information content (AvgIpc) is 2.94. The van der Waals surface area contributed by atoms with Gasteiger partial charge in [-0.05, 0) is 61.5 Å². The Balaban J connectivity index is 1.86. The molecule has 2 aliphatic rings. The molecule has 0 fully saturated rings. The van der Waals surface area contributed by atoms with Gasteiger partial charge in [0.25, 0.3) is 0 Å². The van der Waals surface area contributed by atoms with Crippen molar-refractivity contribution in [2.24, 2.45) is 11.3 Å². The van der Waals surface area contributed by atoms with Crippen LogP contribution >= 0.6 is 0 Å². The molecule has 3 heteroatoms. The lowest BCUT2D eigenvalue weighted by Crippen LogP contribution is -2.33. The first-order valence-corrected chi connectivity index (χ1v) is 8.65. The normalized spacial score (nSPS) is 28.1. The summed E-state index contributed by atoms with van der Waals surface area (Å²) in [5.74, 6) is -0.114. The van der Waals surface area contributed by atoms with Crippen molar-refractivity contribution in [1.29, 1.82) is 0 Å². The van der Waals surface area contributed by atoms with Crippen LogP contribution in [0.15, 0.2) is 45.8 Å². The van der Waals surface area contributed by atoms with Crippen LogP contribution in [0.25, 0.3) is 0 Å². The number of rotatable bonds is 4. The third kappa shape index (κ3) is 3.15. The summed E-state index contributed by atoms with van der Waals surface area (Å²) in [5.41, 5.74) is 4.94. The highest BCUT2D eigenvalue weighted by Crippen LogP contribution is 2.51. The maximum Gasteiger partial charge on any atom is 0.331 e. The first-order valence-electron chi connectivity index (χ1n) is 8.65. The van der Waals surface area contributed by atoms with Gasteiger partial charge >= 0.3 is 5.97 Å². The molecular weight excluding hydrogens is 288 g/mol. The smallest absolute Gasteiger partial charge is 0.331 e. The zero-order valence-electron chi connectivity index (χ0n) is 14.1. The highest BCUT2D eigenvalue weighted by molar-refractivity contribution is 5.87. The van der Waals surface area contributed by atoms with E-state index in [9.17, 15) is 9.90 Å². The van der Waals surface area contributed by atoms with Crippen molar-refractivity contribution in [3.8, 4) is 0 Å². The Morgan fingerprint density at radius 3 is 2.96 bits per heavy atom. The highest BCUT2D eigenvalue weighted by Gasteiger charge is 2.39. The number of allylic oxidation sites excluding steroid dienone is 3. The van der Waals surface area contributed by atoms with Crippen molar-refractivity contribution in [2.45, 2.75) is 58.8 Å².